The number of aryl methyl sites for hydroxylation is 1. The lowest BCUT2D eigenvalue weighted by molar-refractivity contribution is 0.0169. The number of aliphatic hydroxyl groups is 1. The summed E-state index contributed by atoms with van der Waals surface area (Å²) in [5.74, 6) is -1.38. The van der Waals surface area contributed by atoms with E-state index in [1.807, 2.05) is 13.0 Å². The van der Waals surface area contributed by atoms with Crippen molar-refractivity contribution in [3.8, 4) is 0 Å². The number of aliphatic hydroxyl groups excluding tert-OH is 1. The van der Waals surface area contributed by atoms with E-state index < -0.39 is 11.7 Å². The van der Waals surface area contributed by atoms with Crippen LogP contribution < -0.4 is 10.8 Å². The van der Waals surface area contributed by atoms with Crippen molar-refractivity contribution in [3.05, 3.63) is 52.6 Å². The Morgan fingerprint density at radius 1 is 1.42 bits per heavy atom. The van der Waals surface area contributed by atoms with E-state index in [0.717, 1.165) is 5.56 Å². The first-order valence-corrected chi connectivity index (χ1v) is 8.10. The van der Waals surface area contributed by atoms with Crippen LogP contribution >= 0.6 is 11.6 Å². The average Bonchev–Trinajstić information content (AvgIpc) is 3.08. The third-order valence-electron chi connectivity index (χ3n) is 3.64. The monoisotopic (exact) mass is 378 g/mol. The largest absolute Gasteiger partial charge is 0.394 e. The van der Waals surface area contributed by atoms with E-state index in [2.05, 4.69) is 20.8 Å². The number of benzene rings is 2. The van der Waals surface area contributed by atoms with E-state index in [4.69, 9.17) is 21.5 Å². The van der Waals surface area contributed by atoms with Crippen LogP contribution in [0.2, 0.25) is 5.02 Å². The molecule has 1 amide bonds. The van der Waals surface area contributed by atoms with Crippen molar-refractivity contribution in [2.24, 2.45) is 0 Å². The van der Waals surface area contributed by atoms with Crippen molar-refractivity contribution in [2.45, 2.75) is 6.92 Å². The summed E-state index contributed by atoms with van der Waals surface area (Å²) in [6, 6.07) is 6.67. The van der Waals surface area contributed by atoms with Gasteiger partial charge in [-0.2, -0.15) is 0 Å². The lowest BCUT2D eigenvalue weighted by atomic mass is 10.1. The molecule has 1 heterocycles. The second-order valence-corrected chi connectivity index (χ2v) is 5.93. The van der Waals surface area contributed by atoms with Gasteiger partial charge in [0.2, 0.25) is 0 Å². The molecule has 0 aliphatic carbocycles. The summed E-state index contributed by atoms with van der Waals surface area (Å²) in [6.45, 7) is 1.52. The molecule has 9 heteroatoms. The minimum Gasteiger partial charge on any atom is -0.394 e. The molecule has 4 N–H and O–H groups in total. The predicted molar refractivity (Wildman–Crippen MR) is 96.0 cm³/mol. The van der Waals surface area contributed by atoms with Crippen LogP contribution in [0.3, 0.4) is 0 Å². The fourth-order valence-electron chi connectivity index (χ4n) is 2.42. The first kappa shape index (κ1) is 18.1. The second kappa shape index (κ2) is 7.69. The molecule has 0 aliphatic rings. The Balaban J connectivity index is 2.04. The summed E-state index contributed by atoms with van der Waals surface area (Å²) in [6.07, 6.45) is 1.33. The minimum absolute atomic E-state index is 0.00571. The highest BCUT2D eigenvalue weighted by atomic mass is 35.5. The maximum absolute atomic E-state index is 15.0. The number of fused-ring (bicyclic) bond motifs is 1. The van der Waals surface area contributed by atoms with Gasteiger partial charge in [0.1, 0.15) is 5.52 Å². The van der Waals surface area contributed by atoms with E-state index >= 15 is 0 Å². The van der Waals surface area contributed by atoms with Crippen LogP contribution in [0.15, 0.2) is 30.6 Å². The summed E-state index contributed by atoms with van der Waals surface area (Å²) in [7, 11) is 0. The van der Waals surface area contributed by atoms with Crippen molar-refractivity contribution in [1.82, 2.24) is 15.4 Å². The number of hydrogen-bond donors (Lipinski definition) is 4. The van der Waals surface area contributed by atoms with Crippen molar-refractivity contribution < 1.29 is 19.1 Å². The minimum atomic E-state index is -0.701. The fourth-order valence-corrected chi connectivity index (χ4v) is 2.70. The third-order valence-corrected chi connectivity index (χ3v) is 3.95. The summed E-state index contributed by atoms with van der Waals surface area (Å²) >= 11 is 6.20. The van der Waals surface area contributed by atoms with Gasteiger partial charge in [-0.05, 0) is 30.7 Å². The number of aromatic amines is 1. The Labute approximate surface area is 153 Å². The molecule has 2 aromatic carbocycles. The molecular weight excluding hydrogens is 363 g/mol. The second-order valence-electron chi connectivity index (χ2n) is 5.52. The Bertz CT molecular complexity index is 961. The molecule has 3 aromatic rings. The van der Waals surface area contributed by atoms with Crippen LogP contribution in [0.1, 0.15) is 15.9 Å². The number of carbonyl (C=O) groups is 1. The lowest BCUT2D eigenvalue weighted by Crippen LogP contribution is -2.26. The molecule has 0 fully saturated rings. The molecule has 0 saturated heterocycles. The van der Waals surface area contributed by atoms with Gasteiger partial charge in [0.15, 0.2) is 5.82 Å². The number of rotatable bonds is 6. The predicted octanol–water partition coefficient (Wildman–Crippen LogP) is 3.06. The number of aromatic nitrogens is 2. The molecule has 0 radical (unpaired) electrons. The topological polar surface area (TPSA) is 99.3 Å². The summed E-state index contributed by atoms with van der Waals surface area (Å²) < 4.78 is 15.0. The van der Waals surface area contributed by atoms with E-state index in [-0.39, 0.29) is 30.0 Å². The Hall–Kier alpha value is -2.68. The number of nitrogens with one attached hydrogen (secondary N) is 3. The van der Waals surface area contributed by atoms with Crippen LogP contribution in [-0.2, 0) is 4.84 Å². The molecule has 0 saturated carbocycles. The molecular formula is C17H16ClFN4O3. The van der Waals surface area contributed by atoms with E-state index in [1.165, 1.54) is 12.4 Å². The molecule has 0 spiro atoms. The van der Waals surface area contributed by atoms with Crippen LogP contribution in [0.25, 0.3) is 11.0 Å². The van der Waals surface area contributed by atoms with Crippen LogP contribution in [0.4, 0.5) is 15.8 Å². The quantitative estimate of drug-likeness (QED) is 0.390. The molecule has 136 valence electrons. The third kappa shape index (κ3) is 3.62. The lowest BCUT2D eigenvalue weighted by Gasteiger charge is -2.15. The molecule has 0 bridgehead atoms. The van der Waals surface area contributed by atoms with Crippen molar-refractivity contribution in [3.63, 3.8) is 0 Å². The smallest absolute Gasteiger partial charge is 0.277 e. The standard InChI is InChI=1S/C17H16ClFN4O3/c1-9-2-3-12(11(18)6-9)22-15-10(17(25)23-26-5-4-24)7-13-16(14(15)19)21-8-20-13/h2-3,6-8,22,24H,4-5H2,1H3,(H,20,21)(H,23,25). The number of H-pyrrole nitrogens is 1. The number of imidazole rings is 1. The number of hydroxylamine groups is 1. The normalized spacial score (nSPS) is 10.9. The first-order valence-electron chi connectivity index (χ1n) is 7.73. The van der Waals surface area contributed by atoms with Gasteiger partial charge in [-0.1, -0.05) is 17.7 Å². The van der Waals surface area contributed by atoms with Crippen molar-refractivity contribution in [2.75, 3.05) is 18.5 Å². The number of hydrogen-bond acceptors (Lipinski definition) is 5. The SMILES string of the molecule is Cc1ccc(Nc2c(C(=O)NOCCO)cc3[nH]cnc3c2F)c(Cl)c1. The molecule has 7 nitrogen and oxygen atoms in total. The van der Waals surface area contributed by atoms with E-state index in [1.54, 1.807) is 12.1 Å². The number of amides is 1. The Morgan fingerprint density at radius 3 is 2.96 bits per heavy atom. The maximum Gasteiger partial charge on any atom is 0.277 e. The molecule has 26 heavy (non-hydrogen) atoms. The van der Waals surface area contributed by atoms with Crippen molar-refractivity contribution >= 4 is 39.9 Å². The number of carbonyl (C=O) groups excluding carboxylic acids is 1. The first-order chi connectivity index (χ1) is 12.5. The van der Waals surface area contributed by atoms with Crippen molar-refractivity contribution in [1.29, 1.82) is 0 Å². The van der Waals surface area contributed by atoms with Gasteiger partial charge in [0, 0.05) is 0 Å². The van der Waals surface area contributed by atoms with Crippen LogP contribution in [0.5, 0.6) is 0 Å². The maximum atomic E-state index is 15.0. The molecule has 0 atom stereocenters. The van der Waals surface area contributed by atoms with Crippen LogP contribution in [-0.4, -0.2) is 34.2 Å². The zero-order valence-corrected chi connectivity index (χ0v) is 14.5. The molecule has 0 unspecified atom stereocenters. The van der Waals surface area contributed by atoms with Gasteiger partial charge in [0.05, 0.1) is 47.0 Å². The van der Waals surface area contributed by atoms with Gasteiger partial charge in [-0.15, -0.1) is 0 Å². The fraction of sp³-hybridized carbons (Fsp3) is 0.176. The van der Waals surface area contributed by atoms with Gasteiger partial charge < -0.3 is 15.4 Å². The average molecular weight is 379 g/mol. The number of anilines is 2. The highest BCUT2D eigenvalue weighted by molar-refractivity contribution is 6.33. The van der Waals surface area contributed by atoms with E-state index in [9.17, 15) is 9.18 Å². The zero-order valence-electron chi connectivity index (χ0n) is 13.8. The highest BCUT2D eigenvalue weighted by Crippen LogP contribution is 2.32. The van der Waals surface area contributed by atoms with Gasteiger partial charge in [-0.3, -0.25) is 9.63 Å². The van der Waals surface area contributed by atoms with Gasteiger partial charge in [0.25, 0.3) is 5.91 Å². The molecule has 3 rings (SSSR count). The van der Waals surface area contributed by atoms with Gasteiger partial charge in [-0.25, -0.2) is 14.9 Å². The summed E-state index contributed by atoms with van der Waals surface area (Å²) in [4.78, 5) is 23.9. The molecule has 1 aromatic heterocycles. The Kier molecular flexibility index (Phi) is 5.36. The van der Waals surface area contributed by atoms with Crippen LogP contribution in [0, 0.1) is 12.7 Å². The zero-order chi connectivity index (χ0) is 18.7. The highest BCUT2D eigenvalue weighted by Gasteiger charge is 2.21. The number of halogens is 2. The van der Waals surface area contributed by atoms with Gasteiger partial charge >= 0.3 is 0 Å². The summed E-state index contributed by atoms with van der Waals surface area (Å²) in [5, 5.41) is 12.0. The van der Waals surface area contributed by atoms with E-state index in [0.29, 0.717) is 16.2 Å². The molecule has 0 aliphatic heterocycles. The number of nitrogens with zero attached hydrogens (tertiary/aromatic N) is 1. The summed E-state index contributed by atoms with van der Waals surface area (Å²) in [5.41, 5.74) is 3.90. The Morgan fingerprint density at radius 2 is 2.23 bits per heavy atom.